The molecule has 1 saturated heterocycles. The number of alkyl halides is 3. The van der Waals surface area contributed by atoms with Gasteiger partial charge >= 0.3 is 6.18 Å². The highest BCUT2D eigenvalue weighted by Crippen LogP contribution is 2.29. The molecule has 20 heavy (non-hydrogen) atoms. The van der Waals surface area contributed by atoms with Gasteiger partial charge in [0, 0.05) is 13.0 Å². The van der Waals surface area contributed by atoms with E-state index in [1.807, 2.05) is 0 Å². The highest BCUT2D eigenvalue weighted by molar-refractivity contribution is 5.77. The predicted octanol–water partition coefficient (Wildman–Crippen LogP) is 1.91. The molecular formula is C13H15F3N2O2. The molecule has 0 bridgehead atoms. The maximum absolute atomic E-state index is 13.1. The van der Waals surface area contributed by atoms with Crippen molar-refractivity contribution in [1.29, 1.82) is 0 Å². The molecule has 1 atom stereocenters. The Labute approximate surface area is 114 Å². The third-order valence-corrected chi connectivity index (χ3v) is 3.17. The lowest BCUT2D eigenvalue weighted by atomic mass is 10.0. The van der Waals surface area contributed by atoms with Crippen molar-refractivity contribution in [2.75, 3.05) is 13.7 Å². The third-order valence-electron chi connectivity index (χ3n) is 3.17. The standard InChI is InChI=1S/C13H15F3N2O2/c1-20-10-4-2-3-9(7-10)8-11(13(14,15)16)18-6-5-12(19)17-18/h2-4,7,11H,5-6,8H2,1H3,(H,17,19). The molecule has 1 unspecified atom stereocenters. The fraction of sp³-hybridized carbons (Fsp3) is 0.462. The van der Waals surface area contributed by atoms with Crippen LogP contribution in [0.15, 0.2) is 24.3 Å². The van der Waals surface area contributed by atoms with Gasteiger partial charge in [-0.15, -0.1) is 0 Å². The number of halogens is 3. The van der Waals surface area contributed by atoms with Crippen molar-refractivity contribution in [1.82, 2.24) is 10.4 Å². The van der Waals surface area contributed by atoms with Gasteiger partial charge in [0.05, 0.1) is 7.11 Å². The molecule has 1 fully saturated rings. The van der Waals surface area contributed by atoms with E-state index in [9.17, 15) is 18.0 Å². The van der Waals surface area contributed by atoms with Crippen LogP contribution >= 0.6 is 0 Å². The van der Waals surface area contributed by atoms with Crippen LogP contribution < -0.4 is 10.2 Å². The molecular weight excluding hydrogens is 273 g/mol. The molecule has 1 aliphatic rings. The van der Waals surface area contributed by atoms with E-state index in [0.29, 0.717) is 11.3 Å². The highest BCUT2D eigenvalue weighted by atomic mass is 19.4. The van der Waals surface area contributed by atoms with E-state index in [1.165, 1.54) is 7.11 Å². The zero-order valence-corrected chi connectivity index (χ0v) is 10.9. The maximum atomic E-state index is 13.1. The summed E-state index contributed by atoms with van der Waals surface area (Å²) in [6, 6.07) is 4.75. The first-order valence-electron chi connectivity index (χ1n) is 6.16. The summed E-state index contributed by atoms with van der Waals surface area (Å²) in [5.74, 6) is 0.124. The van der Waals surface area contributed by atoms with Crippen LogP contribution in [0.2, 0.25) is 0 Å². The van der Waals surface area contributed by atoms with Gasteiger partial charge in [-0.25, -0.2) is 5.01 Å². The van der Waals surface area contributed by atoms with Crippen molar-refractivity contribution < 1.29 is 22.7 Å². The first-order valence-corrected chi connectivity index (χ1v) is 6.16. The van der Waals surface area contributed by atoms with Crippen LogP contribution in [0.25, 0.3) is 0 Å². The number of carbonyl (C=O) groups is 1. The van der Waals surface area contributed by atoms with E-state index in [0.717, 1.165) is 5.01 Å². The lowest BCUT2D eigenvalue weighted by Crippen LogP contribution is -2.51. The number of hydrogen-bond acceptors (Lipinski definition) is 3. The molecule has 0 saturated carbocycles. The second kappa shape index (κ2) is 5.70. The van der Waals surface area contributed by atoms with Crippen molar-refractivity contribution in [3.63, 3.8) is 0 Å². The summed E-state index contributed by atoms with van der Waals surface area (Å²) in [7, 11) is 1.46. The van der Waals surface area contributed by atoms with E-state index >= 15 is 0 Å². The van der Waals surface area contributed by atoms with Crippen LogP contribution in [-0.2, 0) is 11.2 Å². The Morgan fingerprint density at radius 2 is 2.20 bits per heavy atom. The van der Waals surface area contributed by atoms with Gasteiger partial charge in [-0.2, -0.15) is 13.2 Å². The quantitative estimate of drug-likeness (QED) is 0.920. The summed E-state index contributed by atoms with van der Waals surface area (Å²) in [6.45, 7) is 0.0625. The molecule has 1 heterocycles. The van der Waals surface area contributed by atoms with Gasteiger partial charge in [0.1, 0.15) is 11.8 Å². The summed E-state index contributed by atoms with van der Waals surface area (Å²) in [4.78, 5) is 11.1. The van der Waals surface area contributed by atoms with Crippen molar-refractivity contribution in [3.05, 3.63) is 29.8 Å². The molecule has 1 aromatic rings. The number of benzene rings is 1. The largest absolute Gasteiger partial charge is 0.497 e. The number of methoxy groups -OCH3 is 1. The first-order chi connectivity index (χ1) is 9.40. The predicted molar refractivity (Wildman–Crippen MR) is 66.0 cm³/mol. The van der Waals surface area contributed by atoms with Gasteiger partial charge in [0.2, 0.25) is 5.91 Å². The zero-order chi connectivity index (χ0) is 14.8. The molecule has 4 nitrogen and oxygen atoms in total. The number of amides is 1. The van der Waals surface area contributed by atoms with Crippen LogP contribution in [0.4, 0.5) is 13.2 Å². The lowest BCUT2D eigenvalue weighted by Gasteiger charge is -2.29. The highest BCUT2D eigenvalue weighted by Gasteiger charge is 2.45. The van der Waals surface area contributed by atoms with Gasteiger partial charge in [-0.3, -0.25) is 10.2 Å². The van der Waals surface area contributed by atoms with Crippen molar-refractivity contribution in [2.24, 2.45) is 0 Å². The van der Waals surface area contributed by atoms with E-state index in [-0.39, 0.29) is 25.3 Å². The minimum atomic E-state index is -4.42. The molecule has 0 aromatic heterocycles. The van der Waals surface area contributed by atoms with E-state index in [4.69, 9.17) is 4.74 Å². The molecule has 1 N–H and O–H groups in total. The molecule has 0 aliphatic carbocycles. The average Bonchev–Trinajstić information content (AvgIpc) is 2.81. The number of nitrogens with one attached hydrogen (secondary N) is 1. The van der Waals surface area contributed by atoms with Gasteiger partial charge in [0.25, 0.3) is 0 Å². The number of rotatable bonds is 4. The fourth-order valence-corrected chi connectivity index (χ4v) is 2.15. The Kier molecular flexibility index (Phi) is 4.17. The molecule has 0 spiro atoms. The van der Waals surface area contributed by atoms with Crippen LogP contribution in [-0.4, -0.2) is 36.8 Å². The molecule has 110 valence electrons. The average molecular weight is 288 g/mol. The van der Waals surface area contributed by atoms with Gasteiger partial charge in [-0.05, 0) is 24.1 Å². The molecule has 1 amide bonds. The lowest BCUT2D eigenvalue weighted by molar-refractivity contribution is -0.187. The summed E-state index contributed by atoms with van der Waals surface area (Å²) in [5.41, 5.74) is 2.76. The second-order valence-electron chi connectivity index (χ2n) is 4.59. The number of carbonyl (C=O) groups excluding carboxylic acids is 1. The van der Waals surface area contributed by atoms with Gasteiger partial charge in [0.15, 0.2) is 0 Å². The van der Waals surface area contributed by atoms with E-state index in [1.54, 1.807) is 24.3 Å². The SMILES string of the molecule is COc1cccc(CC(N2CCC(=O)N2)C(F)(F)F)c1. The molecule has 2 rings (SSSR count). The Balaban J connectivity index is 2.17. The number of hydrazine groups is 1. The summed E-state index contributed by atoms with van der Waals surface area (Å²) >= 11 is 0. The second-order valence-corrected chi connectivity index (χ2v) is 4.59. The molecule has 1 aromatic carbocycles. The van der Waals surface area contributed by atoms with Crippen molar-refractivity contribution in [3.8, 4) is 5.75 Å². The van der Waals surface area contributed by atoms with Crippen LogP contribution in [0.1, 0.15) is 12.0 Å². The minimum Gasteiger partial charge on any atom is -0.497 e. The topological polar surface area (TPSA) is 41.6 Å². The summed E-state index contributed by atoms with van der Waals surface area (Å²) in [5, 5.41) is 0.960. The number of nitrogens with zero attached hydrogens (tertiary/aromatic N) is 1. The third kappa shape index (κ3) is 3.41. The Hall–Kier alpha value is -1.76. The monoisotopic (exact) mass is 288 g/mol. The summed E-state index contributed by atoms with van der Waals surface area (Å²) in [6.07, 6.45) is -4.56. The molecule has 1 aliphatic heterocycles. The minimum absolute atomic E-state index is 0.0625. The van der Waals surface area contributed by atoms with Crippen molar-refractivity contribution >= 4 is 5.91 Å². The molecule has 7 heteroatoms. The Bertz CT molecular complexity index is 491. The Morgan fingerprint density at radius 3 is 2.75 bits per heavy atom. The molecule has 0 radical (unpaired) electrons. The smallest absolute Gasteiger partial charge is 0.406 e. The maximum Gasteiger partial charge on any atom is 0.406 e. The van der Waals surface area contributed by atoms with Gasteiger partial charge in [-0.1, -0.05) is 12.1 Å². The first kappa shape index (κ1) is 14.6. The number of ether oxygens (including phenoxy) is 1. The normalized spacial score (nSPS) is 17.9. The zero-order valence-electron chi connectivity index (χ0n) is 10.9. The van der Waals surface area contributed by atoms with Crippen LogP contribution in [0.3, 0.4) is 0 Å². The van der Waals surface area contributed by atoms with Crippen LogP contribution in [0, 0.1) is 0 Å². The van der Waals surface area contributed by atoms with Crippen molar-refractivity contribution in [2.45, 2.75) is 25.1 Å². The Morgan fingerprint density at radius 1 is 1.45 bits per heavy atom. The summed E-state index contributed by atoms with van der Waals surface area (Å²) < 4.78 is 44.4. The van der Waals surface area contributed by atoms with E-state index in [2.05, 4.69) is 5.43 Å². The van der Waals surface area contributed by atoms with Gasteiger partial charge < -0.3 is 4.74 Å². The number of hydrogen-bond donors (Lipinski definition) is 1. The van der Waals surface area contributed by atoms with Crippen LogP contribution in [0.5, 0.6) is 5.75 Å². The fourth-order valence-electron chi connectivity index (χ4n) is 2.15. The van der Waals surface area contributed by atoms with E-state index < -0.39 is 12.2 Å².